The van der Waals surface area contributed by atoms with Crippen LogP contribution in [-0.4, -0.2) is 25.9 Å². The number of non-ortho nitro benzene ring substituents is 2. The van der Waals surface area contributed by atoms with Gasteiger partial charge in [0.25, 0.3) is 11.4 Å². The number of nitro benzene ring substituents is 2. The highest BCUT2D eigenvalue weighted by atomic mass is 16.6. The molecular formula is C6H8N2O7. The van der Waals surface area contributed by atoms with Crippen LogP contribution in [0.25, 0.3) is 0 Å². The Hall–Kier alpha value is -2.26. The molecule has 15 heavy (non-hydrogen) atoms. The van der Waals surface area contributed by atoms with Gasteiger partial charge in [0.05, 0.1) is 28.0 Å². The molecule has 0 aromatic heterocycles. The molecule has 0 fully saturated rings. The molecule has 9 nitrogen and oxygen atoms in total. The number of hydrogen-bond donors (Lipinski definition) is 1. The zero-order valence-corrected chi connectivity index (χ0v) is 7.21. The predicted molar refractivity (Wildman–Crippen MR) is 48.6 cm³/mol. The van der Waals surface area contributed by atoms with Crippen LogP contribution in [-0.2, 0) is 0 Å². The lowest BCUT2D eigenvalue weighted by Gasteiger charge is -1.94. The Bertz CT molecular complexity index is 345. The lowest BCUT2D eigenvalue weighted by molar-refractivity contribution is -0.394. The second kappa shape index (κ2) is 5.47. The van der Waals surface area contributed by atoms with Crippen molar-refractivity contribution in [1.29, 1.82) is 0 Å². The molecule has 9 heteroatoms. The first-order chi connectivity index (χ1) is 6.00. The molecule has 0 radical (unpaired) electrons. The molecule has 1 rings (SSSR count). The fraction of sp³-hybridized carbons (Fsp3) is 0. The molecule has 0 amide bonds. The molecule has 0 aliphatic carbocycles. The minimum absolute atomic E-state index is 0. The molecule has 84 valence electrons. The molecule has 5 N–H and O–H groups in total. The molecule has 1 aromatic carbocycles. The quantitative estimate of drug-likeness (QED) is 0.524. The van der Waals surface area contributed by atoms with Crippen LogP contribution in [0.5, 0.6) is 5.75 Å². The zero-order valence-electron chi connectivity index (χ0n) is 7.21. The number of rotatable bonds is 2. The standard InChI is InChI=1S/C6H4N2O5.2H2O/c9-6-2-4(7(10)11)1-5(3-6)8(12)13;;/h1-3,9H;2*1H2. The van der Waals surface area contributed by atoms with E-state index in [1.54, 1.807) is 0 Å². The van der Waals surface area contributed by atoms with Crippen molar-refractivity contribution < 1.29 is 25.9 Å². The maximum absolute atomic E-state index is 10.2. The van der Waals surface area contributed by atoms with E-state index < -0.39 is 27.0 Å². The molecule has 0 atom stereocenters. The van der Waals surface area contributed by atoms with Gasteiger partial charge in [-0.1, -0.05) is 0 Å². The molecule has 1 aromatic rings. The summed E-state index contributed by atoms with van der Waals surface area (Å²) in [6.07, 6.45) is 0. The van der Waals surface area contributed by atoms with Crippen LogP contribution in [0, 0.1) is 20.2 Å². The van der Waals surface area contributed by atoms with E-state index in [4.69, 9.17) is 5.11 Å². The van der Waals surface area contributed by atoms with Crippen LogP contribution in [0.2, 0.25) is 0 Å². The molecule has 0 bridgehead atoms. The van der Waals surface area contributed by atoms with Crippen molar-refractivity contribution in [3.05, 3.63) is 38.4 Å². The van der Waals surface area contributed by atoms with Crippen molar-refractivity contribution in [2.45, 2.75) is 0 Å². The number of nitrogens with zero attached hydrogens (tertiary/aromatic N) is 2. The lowest BCUT2D eigenvalue weighted by atomic mass is 10.2. The zero-order chi connectivity index (χ0) is 10.0. The maximum atomic E-state index is 10.2. The first-order valence-corrected chi connectivity index (χ1v) is 3.13. The van der Waals surface area contributed by atoms with Gasteiger partial charge in [-0.05, 0) is 0 Å². The Kier molecular flexibility index (Phi) is 5.55. The summed E-state index contributed by atoms with van der Waals surface area (Å²) in [6.45, 7) is 0. The summed E-state index contributed by atoms with van der Waals surface area (Å²) in [5, 5.41) is 29.3. The van der Waals surface area contributed by atoms with Crippen LogP contribution < -0.4 is 0 Å². The van der Waals surface area contributed by atoms with Gasteiger partial charge < -0.3 is 16.1 Å². The molecule has 0 spiro atoms. The molecule has 0 aliphatic rings. The average Bonchev–Trinajstić information content (AvgIpc) is 2.03. The second-order valence-electron chi connectivity index (χ2n) is 2.22. The Morgan fingerprint density at radius 2 is 1.27 bits per heavy atom. The van der Waals surface area contributed by atoms with Gasteiger partial charge in [-0.25, -0.2) is 0 Å². The summed E-state index contributed by atoms with van der Waals surface area (Å²) in [6, 6.07) is 2.46. The van der Waals surface area contributed by atoms with E-state index >= 15 is 0 Å². The summed E-state index contributed by atoms with van der Waals surface area (Å²) in [4.78, 5) is 18.8. The monoisotopic (exact) mass is 220 g/mol. The first kappa shape index (κ1) is 15.2. The topological polar surface area (TPSA) is 170 Å². The van der Waals surface area contributed by atoms with E-state index in [9.17, 15) is 20.2 Å². The van der Waals surface area contributed by atoms with E-state index in [2.05, 4.69) is 0 Å². The van der Waals surface area contributed by atoms with Crippen LogP contribution in [0.4, 0.5) is 11.4 Å². The second-order valence-corrected chi connectivity index (χ2v) is 2.22. The minimum Gasteiger partial charge on any atom is -0.507 e. The Balaban J connectivity index is 0. The Labute approximate surface area is 82.5 Å². The van der Waals surface area contributed by atoms with Gasteiger partial charge in [0, 0.05) is 0 Å². The number of aromatic hydroxyl groups is 1. The van der Waals surface area contributed by atoms with E-state index in [0.29, 0.717) is 0 Å². The summed E-state index contributed by atoms with van der Waals surface area (Å²) in [5.41, 5.74) is -1.02. The van der Waals surface area contributed by atoms with Crippen LogP contribution >= 0.6 is 0 Å². The first-order valence-electron chi connectivity index (χ1n) is 3.13. The largest absolute Gasteiger partial charge is 0.507 e. The lowest BCUT2D eigenvalue weighted by Crippen LogP contribution is -1.91. The Morgan fingerprint density at radius 1 is 0.933 bits per heavy atom. The van der Waals surface area contributed by atoms with Crippen molar-refractivity contribution in [2.24, 2.45) is 0 Å². The number of phenolic OH excluding ortho intramolecular Hbond substituents is 1. The molecule has 0 heterocycles. The summed E-state index contributed by atoms with van der Waals surface area (Å²) < 4.78 is 0. The molecule has 0 aliphatic heterocycles. The molecule has 0 saturated heterocycles. The number of phenols is 1. The highest BCUT2D eigenvalue weighted by Gasteiger charge is 2.15. The van der Waals surface area contributed by atoms with Gasteiger partial charge in [-0.2, -0.15) is 0 Å². The third-order valence-corrected chi connectivity index (χ3v) is 1.31. The van der Waals surface area contributed by atoms with Gasteiger partial charge in [-0.3, -0.25) is 20.2 Å². The summed E-state index contributed by atoms with van der Waals surface area (Å²) in [5.74, 6) is -0.499. The van der Waals surface area contributed by atoms with Gasteiger partial charge in [0.1, 0.15) is 5.75 Å². The highest BCUT2D eigenvalue weighted by molar-refractivity contribution is 5.48. The van der Waals surface area contributed by atoms with E-state index in [1.807, 2.05) is 0 Å². The van der Waals surface area contributed by atoms with E-state index in [1.165, 1.54) is 0 Å². The highest BCUT2D eigenvalue weighted by Crippen LogP contribution is 2.25. The van der Waals surface area contributed by atoms with Crippen LogP contribution in [0.15, 0.2) is 18.2 Å². The smallest absolute Gasteiger partial charge is 0.280 e. The fourth-order valence-electron chi connectivity index (χ4n) is 0.790. The summed E-state index contributed by atoms with van der Waals surface area (Å²) >= 11 is 0. The van der Waals surface area contributed by atoms with Gasteiger partial charge in [-0.15, -0.1) is 0 Å². The normalized spacial score (nSPS) is 8.27. The third kappa shape index (κ3) is 3.54. The molecule has 0 unspecified atom stereocenters. The number of nitro groups is 2. The van der Waals surface area contributed by atoms with Crippen LogP contribution in [0.3, 0.4) is 0 Å². The maximum Gasteiger partial charge on any atom is 0.280 e. The average molecular weight is 220 g/mol. The predicted octanol–water partition coefficient (Wildman–Crippen LogP) is -0.441. The minimum atomic E-state index is -0.813. The van der Waals surface area contributed by atoms with Crippen molar-refractivity contribution in [2.75, 3.05) is 0 Å². The Morgan fingerprint density at radius 3 is 1.53 bits per heavy atom. The third-order valence-electron chi connectivity index (χ3n) is 1.31. The molecular weight excluding hydrogens is 212 g/mol. The van der Waals surface area contributed by atoms with Crippen LogP contribution in [0.1, 0.15) is 0 Å². The molecule has 0 saturated carbocycles. The van der Waals surface area contributed by atoms with Gasteiger partial charge in [0.2, 0.25) is 0 Å². The fourth-order valence-corrected chi connectivity index (χ4v) is 0.790. The SMILES string of the molecule is O.O.O=[N+]([O-])c1cc(O)cc([N+](=O)[O-])c1. The van der Waals surface area contributed by atoms with Gasteiger partial charge >= 0.3 is 0 Å². The van der Waals surface area contributed by atoms with Crippen molar-refractivity contribution in [3.8, 4) is 5.75 Å². The van der Waals surface area contributed by atoms with E-state index in [-0.39, 0.29) is 11.0 Å². The van der Waals surface area contributed by atoms with Gasteiger partial charge in [0.15, 0.2) is 0 Å². The summed E-state index contributed by atoms with van der Waals surface area (Å²) in [7, 11) is 0. The van der Waals surface area contributed by atoms with Crippen molar-refractivity contribution in [1.82, 2.24) is 0 Å². The van der Waals surface area contributed by atoms with E-state index in [0.717, 1.165) is 18.2 Å². The van der Waals surface area contributed by atoms with Crippen molar-refractivity contribution in [3.63, 3.8) is 0 Å². The number of benzene rings is 1. The number of hydrogen-bond acceptors (Lipinski definition) is 5. The van der Waals surface area contributed by atoms with Crippen molar-refractivity contribution >= 4 is 11.4 Å².